The molecule has 1 aliphatic carbocycles. The summed E-state index contributed by atoms with van der Waals surface area (Å²) in [6.07, 6.45) is 5.92. The van der Waals surface area contributed by atoms with Gasteiger partial charge in [0.15, 0.2) is 5.03 Å². The van der Waals surface area contributed by atoms with E-state index >= 15 is 0 Å². The first-order valence-electron chi connectivity index (χ1n) is 8.14. The highest BCUT2D eigenvalue weighted by molar-refractivity contribution is 7.89. The predicted molar refractivity (Wildman–Crippen MR) is 85.6 cm³/mol. The average molecular weight is 351 g/mol. The number of rotatable bonds is 6. The topological polar surface area (TPSA) is 93.1 Å². The van der Waals surface area contributed by atoms with Gasteiger partial charge in [-0.15, -0.1) is 0 Å². The molecule has 2 aromatic rings. The van der Waals surface area contributed by atoms with Crippen molar-refractivity contribution in [3.63, 3.8) is 0 Å². The maximum atomic E-state index is 12.7. The molecule has 1 fully saturated rings. The Morgan fingerprint density at radius 3 is 2.92 bits per heavy atom. The molecule has 1 N–H and O–H groups in total. The molecule has 0 saturated heterocycles. The van der Waals surface area contributed by atoms with Gasteiger partial charge in [-0.3, -0.25) is 4.68 Å². The maximum Gasteiger partial charge on any atom is 0.260 e. The van der Waals surface area contributed by atoms with Gasteiger partial charge in [0.05, 0.1) is 24.8 Å². The van der Waals surface area contributed by atoms with Crippen LogP contribution in [0.25, 0.3) is 0 Å². The van der Waals surface area contributed by atoms with E-state index in [0.29, 0.717) is 26.1 Å². The predicted octanol–water partition coefficient (Wildman–Crippen LogP) is 0.910. The first-order chi connectivity index (χ1) is 11.6. The first kappa shape index (κ1) is 15.8. The maximum absolute atomic E-state index is 12.7. The summed E-state index contributed by atoms with van der Waals surface area (Å²) in [6, 6.07) is 0. The molecule has 1 saturated carbocycles. The zero-order valence-electron chi connectivity index (χ0n) is 13.6. The summed E-state index contributed by atoms with van der Waals surface area (Å²) in [5.41, 5.74) is 2.99. The van der Waals surface area contributed by atoms with E-state index in [4.69, 9.17) is 9.84 Å². The number of ether oxygens (including phenoxy) is 1. The van der Waals surface area contributed by atoms with E-state index in [9.17, 15) is 8.42 Å². The number of nitrogens with one attached hydrogen (secondary N) is 1. The molecular formula is C15H21N5O3S. The van der Waals surface area contributed by atoms with Crippen molar-refractivity contribution in [2.75, 3.05) is 13.7 Å². The van der Waals surface area contributed by atoms with Gasteiger partial charge in [-0.25, -0.2) is 13.4 Å². The zero-order valence-corrected chi connectivity index (χ0v) is 14.4. The largest absolute Gasteiger partial charge is 0.378 e. The number of H-pyrrole nitrogens is 1. The van der Waals surface area contributed by atoms with Gasteiger partial charge in [-0.05, 0) is 18.8 Å². The Kier molecular flexibility index (Phi) is 3.93. The van der Waals surface area contributed by atoms with Gasteiger partial charge in [0.25, 0.3) is 10.0 Å². The van der Waals surface area contributed by atoms with E-state index in [2.05, 4.69) is 14.6 Å². The van der Waals surface area contributed by atoms with Gasteiger partial charge in [-0.1, -0.05) is 0 Å². The molecule has 0 unspecified atom stereocenters. The highest BCUT2D eigenvalue weighted by Crippen LogP contribution is 2.33. The standard InChI is InChI=1S/C15H21N5O3S/c1-23-9-13-12-8-19(24(21,22)15-6-16-10-17-15)5-4-14(12)20(18-13)7-11-2-3-11/h6,10-11H,2-5,7-9H2,1H3,(H,16,17). The highest BCUT2D eigenvalue weighted by atomic mass is 32.2. The number of methoxy groups -OCH3 is 1. The third-order valence-corrected chi connectivity index (χ3v) is 6.45. The SMILES string of the molecule is COCc1nn(CC2CC2)c2c1CN(S(=O)(=O)c1cnc[nH]1)CC2. The molecule has 1 aliphatic heterocycles. The summed E-state index contributed by atoms with van der Waals surface area (Å²) < 4.78 is 34.3. The van der Waals surface area contributed by atoms with Crippen molar-refractivity contribution < 1.29 is 13.2 Å². The summed E-state index contributed by atoms with van der Waals surface area (Å²) in [7, 11) is -1.92. The fourth-order valence-corrected chi connectivity index (χ4v) is 4.52. The van der Waals surface area contributed by atoms with Crippen LogP contribution in [-0.2, 0) is 40.9 Å². The second-order valence-corrected chi connectivity index (χ2v) is 8.34. The fraction of sp³-hybridized carbons (Fsp3) is 0.600. The van der Waals surface area contributed by atoms with Crippen molar-refractivity contribution in [2.24, 2.45) is 5.92 Å². The lowest BCUT2D eigenvalue weighted by Gasteiger charge is -2.26. The van der Waals surface area contributed by atoms with E-state index in [1.54, 1.807) is 7.11 Å². The lowest BCUT2D eigenvalue weighted by Crippen LogP contribution is -2.36. The van der Waals surface area contributed by atoms with Crippen molar-refractivity contribution in [3.05, 3.63) is 29.5 Å². The molecule has 0 spiro atoms. The molecular weight excluding hydrogens is 330 g/mol. The summed E-state index contributed by atoms with van der Waals surface area (Å²) >= 11 is 0. The van der Waals surface area contributed by atoms with Crippen LogP contribution in [-0.4, -0.2) is 46.1 Å². The van der Waals surface area contributed by atoms with Crippen LogP contribution in [0.2, 0.25) is 0 Å². The number of nitrogens with zero attached hydrogens (tertiary/aromatic N) is 4. The molecule has 0 atom stereocenters. The van der Waals surface area contributed by atoms with Gasteiger partial charge in [0, 0.05) is 44.4 Å². The van der Waals surface area contributed by atoms with Gasteiger partial charge in [0.1, 0.15) is 0 Å². The zero-order chi connectivity index (χ0) is 16.7. The highest BCUT2D eigenvalue weighted by Gasteiger charge is 2.34. The average Bonchev–Trinajstić information content (AvgIpc) is 3.09. The summed E-state index contributed by atoms with van der Waals surface area (Å²) in [5, 5.41) is 4.82. The number of hydrogen-bond donors (Lipinski definition) is 1. The second kappa shape index (κ2) is 5.98. The Bertz CT molecular complexity index is 824. The number of aromatic amines is 1. The second-order valence-electron chi connectivity index (χ2n) is 6.43. The normalized spacial score (nSPS) is 18.7. The van der Waals surface area contributed by atoms with Crippen molar-refractivity contribution in [1.82, 2.24) is 24.1 Å². The van der Waals surface area contributed by atoms with Crippen LogP contribution in [0.15, 0.2) is 17.6 Å². The minimum atomic E-state index is -3.56. The van der Waals surface area contributed by atoms with Crippen LogP contribution < -0.4 is 0 Å². The number of fused-ring (bicyclic) bond motifs is 1. The van der Waals surface area contributed by atoms with Crippen molar-refractivity contribution >= 4 is 10.0 Å². The molecule has 2 aliphatic rings. The Hall–Kier alpha value is -1.71. The van der Waals surface area contributed by atoms with Gasteiger partial charge < -0.3 is 9.72 Å². The molecule has 24 heavy (non-hydrogen) atoms. The molecule has 4 rings (SSSR count). The van der Waals surface area contributed by atoms with Gasteiger partial charge >= 0.3 is 0 Å². The molecule has 0 radical (unpaired) electrons. The van der Waals surface area contributed by atoms with E-state index < -0.39 is 10.0 Å². The van der Waals surface area contributed by atoms with Crippen LogP contribution in [0.4, 0.5) is 0 Å². The van der Waals surface area contributed by atoms with Crippen molar-refractivity contribution in [2.45, 2.75) is 44.0 Å². The number of imidazole rings is 1. The Morgan fingerprint density at radius 2 is 2.25 bits per heavy atom. The molecule has 9 heteroatoms. The van der Waals surface area contributed by atoms with E-state index in [1.807, 2.05) is 0 Å². The van der Waals surface area contributed by atoms with E-state index in [0.717, 1.165) is 29.4 Å². The molecule has 130 valence electrons. The van der Waals surface area contributed by atoms with E-state index in [1.165, 1.54) is 29.7 Å². The van der Waals surface area contributed by atoms with E-state index in [-0.39, 0.29) is 5.03 Å². The van der Waals surface area contributed by atoms with Crippen LogP contribution in [0.1, 0.15) is 29.8 Å². The third-order valence-electron chi connectivity index (χ3n) is 4.68. The Morgan fingerprint density at radius 1 is 1.42 bits per heavy atom. The van der Waals surface area contributed by atoms with Crippen LogP contribution in [0.5, 0.6) is 0 Å². The van der Waals surface area contributed by atoms with Gasteiger partial charge in [-0.2, -0.15) is 9.40 Å². The summed E-state index contributed by atoms with van der Waals surface area (Å²) in [6.45, 7) is 2.12. The quantitative estimate of drug-likeness (QED) is 0.835. The number of aromatic nitrogens is 4. The van der Waals surface area contributed by atoms with Crippen LogP contribution >= 0.6 is 0 Å². The van der Waals surface area contributed by atoms with Crippen LogP contribution in [0, 0.1) is 5.92 Å². The van der Waals surface area contributed by atoms with Crippen LogP contribution in [0.3, 0.4) is 0 Å². The summed E-state index contributed by atoms with van der Waals surface area (Å²) in [5.74, 6) is 0.719. The molecule has 2 aromatic heterocycles. The fourth-order valence-electron chi connectivity index (χ4n) is 3.21. The first-order valence-corrected chi connectivity index (χ1v) is 9.58. The molecule has 8 nitrogen and oxygen atoms in total. The lowest BCUT2D eigenvalue weighted by molar-refractivity contribution is 0.179. The molecule has 0 aromatic carbocycles. The molecule has 0 amide bonds. The van der Waals surface area contributed by atoms with Crippen molar-refractivity contribution in [3.8, 4) is 0 Å². The minimum absolute atomic E-state index is 0.129. The Balaban J connectivity index is 1.65. The molecule has 0 bridgehead atoms. The summed E-state index contributed by atoms with van der Waals surface area (Å²) in [4.78, 5) is 6.51. The lowest BCUT2D eigenvalue weighted by atomic mass is 10.1. The Labute approximate surface area is 140 Å². The minimum Gasteiger partial charge on any atom is -0.378 e. The monoisotopic (exact) mass is 351 g/mol. The van der Waals surface area contributed by atoms with Gasteiger partial charge in [0.2, 0.25) is 0 Å². The third kappa shape index (κ3) is 2.76. The number of hydrogen-bond acceptors (Lipinski definition) is 5. The number of sulfonamides is 1. The van der Waals surface area contributed by atoms with Crippen molar-refractivity contribution in [1.29, 1.82) is 0 Å². The molecule has 3 heterocycles. The smallest absolute Gasteiger partial charge is 0.260 e.